The van der Waals surface area contributed by atoms with Gasteiger partial charge >= 0.3 is 0 Å². The van der Waals surface area contributed by atoms with Crippen LogP contribution in [0.5, 0.6) is 0 Å². The van der Waals surface area contributed by atoms with Crippen LogP contribution in [-0.2, 0) is 6.54 Å². The van der Waals surface area contributed by atoms with Gasteiger partial charge in [0.1, 0.15) is 6.17 Å². The van der Waals surface area contributed by atoms with Crippen LogP contribution in [0.1, 0.15) is 43.0 Å². The van der Waals surface area contributed by atoms with Gasteiger partial charge in [-0.05, 0) is 29.9 Å². The van der Waals surface area contributed by atoms with E-state index in [1.807, 2.05) is 24.3 Å². The molecule has 0 bridgehead atoms. The first-order valence-corrected chi connectivity index (χ1v) is 5.75. The average molecular weight is 207 g/mol. The molecule has 0 radical (unpaired) electrons. The normalized spacial score (nSPS) is 19.3. The number of hydrogen-bond donors (Lipinski definition) is 1. The lowest BCUT2D eigenvalue weighted by Gasteiger charge is -2.18. The highest BCUT2D eigenvalue weighted by Gasteiger charge is 2.27. The van der Waals surface area contributed by atoms with Crippen LogP contribution in [-0.4, -0.2) is 0 Å². The topological polar surface area (TPSA) is 26.0 Å². The van der Waals surface area contributed by atoms with Crippen molar-refractivity contribution in [2.45, 2.75) is 38.4 Å². The van der Waals surface area contributed by atoms with Crippen LogP contribution in [0.15, 0.2) is 24.3 Å². The van der Waals surface area contributed by atoms with Crippen LogP contribution >= 0.6 is 0 Å². The Balaban J connectivity index is 2.19. The lowest BCUT2D eigenvalue weighted by Crippen LogP contribution is -2.09. The molecule has 0 heterocycles. The van der Waals surface area contributed by atoms with E-state index in [2.05, 4.69) is 0 Å². The number of nitrogens with two attached hydrogens (primary N) is 1. The molecule has 1 aromatic carbocycles. The van der Waals surface area contributed by atoms with Crippen LogP contribution in [0.4, 0.5) is 4.39 Å². The molecule has 1 atom stereocenters. The van der Waals surface area contributed by atoms with Gasteiger partial charge in [-0.1, -0.05) is 37.1 Å². The van der Waals surface area contributed by atoms with Gasteiger partial charge in [-0.3, -0.25) is 0 Å². The molecule has 0 aromatic heterocycles. The second kappa shape index (κ2) is 4.75. The Hall–Kier alpha value is -0.890. The first kappa shape index (κ1) is 10.6. The second-order valence-electron chi connectivity index (χ2n) is 4.35. The van der Waals surface area contributed by atoms with E-state index >= 15 is 0 Å². The summed E-state index contributed by atoms with van der Waals surface area (Å²) >= 11 is 0. The van der Waals surface area contributed by atoms with E-state index < -0.39 is 6.17 Å². The van der Waals surface area contributed by atoms with E-state index in [-0.39, 0.29) is 5.92 Å². The van der Waals surface area contributed by atoms with E-state index in [0.29, 0.717) is 6.54 Å². The third-order valence-corrected chi connectivity index (χ3v) is 3.39. The fraction of sp³-hybridized carbons (Fsp3) is 0.538. The molecule has 2 heteroatoms. The standard InChI is InChI=1S/C13H18FN/c14-13(10-5-1-2-6-10)12-8-4-3-7-11(12)9-15/h3-4,7-8,10,13H,1-2,5-6,9,15H2. The van der Waals surface area contributed by atoms with Crippen LogP contribution in [0, 0.1) is 5.92 Å². The van der Waals surface area contributed by atoms with Crippen molar-refractivity contribution >= 4 is 0 Å². The molecule has 1 nitrogen and oxygen atoms in total. The van der Waals surface area contributed by atoms with E-state index in [1.165, 1.54) is 12.8 Å². The van der Waals surface area contributed by atoms with Crippen LogP contribution in [0.3, 0.4) is 0 Å². The molecule has 1 aliphatic carbocycles. The van der Waals surface area contributed by atoms with E-state index in [1.54, 1.807) is 0 Å². The minimum atomic E-state index is -0.813. The highest BCUT2D eigenvalue weighted by molar-refractivity contribution is 5.29. The molecule has 82 valence electrons. The highest BCUT2D eigenvalue weighted by atomic mass is 19.1. The smallest absolute Gasteiger partial charge is 0.128 e. The van der Waals surface area contributed by atoms with Crippen LogP contribution in [0.25, 0.3) is 0 Å². The molecule has 0 saturated heterocycles. The number of hydrogen-bond acceptors (Lipinski definition) is 1. The summed E-state index contributed by atoms with van der Waals surface area (Å²) in [6.07, 6.45) is 3.60. The van der Waals surface area contributed by atoms with E-state index in [9.17, 15) is 4.39 Å². The van der Waals surface area contributed by atoms with Crippen LogP contribution in [0.2, 0.25) is 0 Å². The molecule has 0 spiro atoms. The summed E-state index contributed by atoms with van der Waals surface area (Å²) in [6, 6.07) is 7.63. The molecule has 1 saturated carbocycles. The number of alkyl halides is 1. The molecule has 1 aliphatic rings. The van der Waals surface area contributed by atoms with Crippen LogP contribution < -0.4 is 5.73 Å². The molecule has 2 N–H and O–H groups in total. The first-order chi connectivity index (χ1) is 7.33. The maximum atomic E-state index is 14.2. The summed E-state index contributed by atoms with van der Waals surface area (Å²) in [6.45, 7) is 0.434. The Labute approximate surface area is 90.5 Å². The van der Waals surface area contributed by atoms with E-state index in [0.717, 1.165) is 24.0 Å². The maximum absolute atomic E-state index is 14.2. The highest BCUT2D eigenvalue weighted by Crippen LogP contribution is 2.39. The monoisotopic (exact) mass is 207 g/mol. The molecule has 1 unspecified atom stereocenters. The molecule has 1 fully saturated rings. The van der Waals surface area contributed by atoms with Crippen molar-refractivity contribution in [3.8, 4) is 0 Å². The van der Waals surface area contributed by atoms with Crippen molar-refractivity contribution in [2.75, 3.05) is 0 Å². The Kier molecular flexibility index (Phi) is 3.37. The third kappa shape index (κ3) is 2.20. The minimum absolute atomic E-state index is 0.220. The molecule has 1 aromatic rings. The first-order valence-electron chi connectivity index (χ1n) is 5.75. The molecule has 0 amide bonds. The summed E-state index contributed by atoms with van der Waals surface area (Å²) in [7, 11) is 0. The molecule has 0 aliphatic heterocycles. The van der Waals surface area contributed by atoms with Gasteiger partial charge in [0.05, 0.1) is 0 Å². The van der Waals surface area contributed by atoms with Crippen molar-refractivity contribution in [3.05, 3.63) is 35.4 Å². The third-order valence-electron chi connectivity index (χ3n) is 3.39. The fourth-order valence-corrected chi connectivity index (χ4v) is 2.49. The lowest BCUT2D eigenvalue weighted by molar-refractivity contribution is 0.234. The number of halogens is 1. The molecular formula is C13H18FN. The zero-order valence-corrected chi connectivity index (χ0v) is 8.95. The van der Waals surface area contributed by atoms with Crippen molar-refractivity contribution in [1.82, 2.24) is 0 Å². The summed E-state index contributed by atoms with van der Waals surface area (Å²) in [4.78, 5) is 0. The summed E-state index contributed by atoms with van der Waals surface area (Å²) in [5.41, 5.74) is 7.39. The SMILES string of the molecule is NCc1ccccc1C(F)C1CCCC1. The fourth-order valence-electron chi connectivity index (χ4n) is 2.49. The number of benzene rings is 1. The largest absolute Gasteiger partial charge is 0.326 e. The van der Waals surface area contributed by atoms with Gasteiger partial charge in [-0.2, -0.15) is 0 Å². The molecular weight excluding hydrogens is 189 g/mol. The Morgan fingerprint density at radius 2 is 1.93 bits per heavy atom. The Morgan fingerprint density at radius 3 is 2.60 bits per heavy atom. The Morgan fingerprint density at radius 1 is 1.27 bits per heavy atom. The minimum Gasteiger partial charge on any atom is -0.326 e. The summed E-state index contributed by atoms with van der Waals surface area (Å²) in [5.74, 6) is 0.220. The van der Waals surface area contributed by atoms with Gasteiger partial charge in [0.15, 0.2) is 0 Å². The van der Waals surface area contributed by atoms with Crippen molar-refractivity contribution < 1.29 is 4.39 Å². The van der Waals surface area contributed by atoms with Gasteiger partial charge < -0.3 is 5.73 Å². The predicted octanol–water partition coefficient (Wildman–Crippen LogP) is 3.35. The zero-order chi connectivity index (χ0) is 10.7. The lowest BCUT2D eigenvalue weighted by atomic mass is 9.92. The van der Waals surface area contributed by atoms with Gasteiger partial charge in [0.2, 0.25) is 0 Å². The average Bonchev–Trinajstić information content (AvgIpc) is 2.81. The maximum Gasteiger partial charge on any atom is 0.128 e. The van der Waals surface area contributed by atoms with Gasteiger partial charge in [-0.15, -0.1) is 0 Å². The van der Waals surface area contributed by atoms with Crippen molar-refractivity contribution in [3.63, 3.8) is 0 Å². The van der Waals surface area contributed by atoms with Crippen molar-refractivity contribution in [2.24, 2.45) is 11.7 Å². The van der Waals surface area contributed by atoms with Gasteiger partial charge in [0.25, 0.3) is 0 Å². The molecule has 2 rings (SSSR count). The Bertz CT molecular complexity index is 318. The van der Waals surface area contributed by atoms with Gasteiger partial charge in [0, 0.05) is 6.54 Å². The zero-order valence-electron chi connectivity index (χ0n) is 8.95. The summed E-state index contributed by atoms with van der Waals surface area (Å²) in [5, 5.41) is 0. The predicted molar refractivity (Wildman–Crippen MR) is 60.1 cm³/mol. The quantitative estimate of drug-likeness (QED) is 0.808. The molecule has 15 heavy (non-hydrogen) atoms. The second-order valence-corrected chi connectivity index (χ2v) is 4.35. The van der Waals surface area contributed by atoms with Gasteiger partial charge in [-0.25, -0.2) is 4.39 Å². The number of rotatable bonds is 3. The van der Waals surface area contributed by atoms with Crippen molar-refractivity contribution in [1.29, 1.82) is 0 Å². The summed E-state index contributed by atoms with van der Waals surface area (Å²) < 4.78 is 14.2. The van der Waals surface area contributed by atoms with E-state index in [4.69, 9.17) is 5.73 Å².